The summed E-state index contributed by atoms with van der Waals surface area (Å²) in [4.78, 5) is 24.4. The average molecular weight is 781 g/mol. The summed E-state index contributed by atoms with van der Waals surface area (Å²) in [6.07, 6.45) is 62.7. The average Bonchev–Trinajstić information content (AvgIpc) is 3.20. The van der Waals surface area contributed by atoms with Crippen molar-refractivity contribution in [2.24, 2.45) is 0 Å². The number of rotatable bonds is 42. The summed E-state index contributed by atoms with van der Waals surface area (Å²) in [5.74, 6) is -0.607. The highest BCUT2D eigenvalue weighted by Gasteiger charge is 2.16. The molecule has 0 radical (unpaired) electrons. The molecule has 0 aromatic heterocycles. The Hall–Kier alpha value is -2.66. The topological polar surface area (TPSA) is 72.8 Å². The number of aliphatic hydroxyl groups is 1. The minimum atomic E-state index is -0.780. The number of hydrogen-bond donors (Lipinski definition) is 1. The van der Waals surface area contributed by atoms with Crippen molar-refractivity contribution in [3.05, 3.63) is 72.9 Å². The molecule has 0 fully saturated rings. The van der Waals surface area contributed by atoms with Crippen LogP contribution in [0.15, 0.2) is 72.9 Å². The van der Waals surface area contributed by atoms with E-state index in [0.29, 0.717) is 12.8 Å². The summed E-state index contributed by atoms with van der Waals surface area (Å²) >= 11 is 0. The smallest absolute Gasteiger partial charge is 0.306 e. The zero-order valence-corrected chi connectivity index (χ0v) is 36.6. The van der Waals surface area contributed by atoms with E-state index in [1.54, 1.807) is 0 Å². The molecule has 0 aliphatic heterocycles. The summed E-state index contributed by atoms with van der Waals surface area (Å²) < 4.78 is 10.6. The predicted molar refractivity (Wildman–Crippen MR) is 242 cm³/mol. The molecule has 0 aromatic carbocycles. The van der Waals surface area contributed by atoms with Gasteiger partial charge >= 0.3 is 11.9 Å². The van der Waals surface area contributed by atoms with Gasteiger partial charge in [-0.3, -0.25) is 9.59 Å². The normalized spacial score (nSPS) is 12.8. The summed E-state index contributed by atoms with van der Waals surface area (Å²) in [5.41, 5.74) is 0. The van der Waals surface area contributed by atoms with Crippen LogP contribution in [0.3, 0.4) is 0 Å². The van der Waals surface area contributed by atoms with Gasteiger partial charge < -0.3 is 14.6 Å². The van der Waals surface area contributed by atoms with Crippen LogP contribution >= 0.6 is 0 Å². The van der Waals surface area contributed by atoms with Crippen molar-refractivity contribution in [2.75, 3.05) is 13.2 Å². The van der Waals surface area contributed by atoms with E-state index in [-0.39, 0.29) is 25.2 Å². The summed E-state index contributed by atoms with van der Waals surface area (Å²) in [5, 5.41) is 9.60. The number of hydrogen-bond acceptors (Lipinski definition) is 5. The van der Waals surface area contributed by atoms with E-state index in [2.05, 4.69) is 86.8 Å². The van der Waals surface area contributed by atoms with Gasteiger partial charge in [-0.25, -0.2) is 0 Å². The lowest BCUT2D eigenvalue weighted by Gasteiger charge is -2.15. The molecule has 322 valence electrons. The Balaban J connectivity index is 3.52. The lowest BCUT2D eigenvalue weighted by molar-refractivity contribution is -0.161. The lowest BCUT2D eigenvalue weighted by Crippen LogP contribution is -2.28. The van der Waals surface area contributed by atoms with Crippen molar-refractivity contribution in [2.45, 2.75) is 225 Å². The molecule has 5 heteroatoms. The first-order chi connectivity index (χ1) is 27.6. The first kappa shape index (κ1) is 53.3. The summed E-state index contributed by atoms with van der Waals surface area (Å²) in [7, 11) is 0. The van der Waals surface area contributed by atoms with E-state index in [4.69, 9.17) is 9.47 Å². The van der Waals surface area contributed by atoms with Crippen LogP contribution in [-0.2, 0) is 19.1 Å². The van der Waals surface area contributed by atoms with Crippen LogP contribution in [-0.4, -0.2) is 36.4 Å². The molecule has 0 rings (SSSR count). The molecular formula is C51H88O5. The SMILES string of the molecule is CC/C=C\C/C=C\C/C=C\C/C=C\CCCCCCCCCCCCCCCCC(=O)OC(CO)COC(=O)CCCCCCC/C=C\C/C=C\CCCCC. The van der Waals surface area contributed by atoms with Crippen LogP contribution in [0, 0.1) is 0 Å². The number of ether oxygens (including phenoxy) is 2. The van der Waals surface area contributed by atoms with Gasteiger partial charge in [-0.15, -0.1) is 0 Å². The van der Waals surface area contributed by atoms with Crippen LogP contribution in [0.25, 0.3) is 0 Å². The van der Waals surface area contributed by atoms with Gasteiger partial charge in [-0.1, -0.05) is 196 Å². The highest BCUT2D eigenvalue weighted by Crippen LogP contribution is 2.15. The van der Waals surface area contributed by atoms with Crippen LogP contribution < -0.4 is 0 Å². The highest BCUT2D eigenvalue weighted by molar-refractivity contribution is 5.70. The standard InChI is InChI=1S/C51H88O5/c1-3-5-7-9-11-13-15-17-19-20-21-22-23-24-25-26-27-28-29-30-32-34-36-38-40-42-44-46-51(54)56-49(47-52)48-55-50(53)45-43-41-39-37-35-33-31-18-16-14-12-10-8-6-4-2/h5,7,11-14,17-19,21-22,31,49,52H,3-4,6,8-10,15-16,20,23-30,32-48H2,1-2H3/b7-5-,13-11-,14-12-,19-17-,22-21-,31-18-. The van der Waals surface area contributed by atoms with Crippen molar-refractivity contribution in [1.29, 1.82) is 0 Å². The Kier molecular flexibility index (Phi) is 44.5. The maximum Gasteiger partial charge on any atom is 0.306 e. The van der Waals surface area contributed by atoms with Crippen molar-refractivity contribution >= 4 is 11.9 Å². The van der Waals surface area contributed by atoms with Crippen LogP contribution in [0.1, 0.15) is 219 Å². The lowest BCUT2D eigenvalue weighted by atomic mass is 10.0. The number of carbonyl (C=O) groups is 2. The number of aliphatic hydroxyl groups excluding tert-OH is 1. The van der Waals surface area contributed by atoms with E-state index in [0.717, 1.165) is 77.0 Å². The van der Waals surface area contributed by atoms with Gasteiger partial charge in [0.15, 0.2) is 6.10 Å². The molecule has 1 N–H and O–H groups in total. The molecule has 0 spiro atoms. The number of allylic oxidation sites excluding steroid dienone is 12. The molecule has 0 aromatic rings. The summed E-state index contributed by atoms with van der Waals surface area (Å²) in [6, 6.07) is 0. The monoisotopic (exact) mass is 781 g/mol. The molecule has 0 bridgehead atoms. The van der Waals surface area contributed by atoms with Gasteiger partial charge in [0.1, 0.15) is 6.61 Å². The Morgan fingerprint density at radius 3 is 1.16 bits per heavy atom. The van der Waals surface area contributed by atoms with Gasteiger partial charge in [0, 0.05) is 12.8 Å². The molecule has 0 aliphatic rings. The van der Waals surface area contributed by atoms with E-state index in [9.17, 15) is 14.7 Å². The van der Waals surface area contributed by atoms with Gasteiger partial charge in [0.2, 0.25) is 0 Å². The van der Waals surface area contributed by atoms with Crippen LogP contribution in [0.2, 0.25) is 0 Å². The molecule has 0 heterocycles. The predicted octanol–water partition coefficient (Wildman–Crippen LogP) is 15.3. The Morgan fingerprint density at radius 2 is 0.768 bits per heavy atom. The van der Waals surface area contributed by atoms with Gasteiger partial charge in [-0.2, -0.15) is 0 Å². The van der Waals surface area contributed by atoms with E-state index < -0.39 is 6.10 Å². The second-order valence-corrected chi connectivity index (χ2v) is 15.4. The third kappa shape index (κ3) is 44.1. The van der Waals surface area contributed by atoms with Crippen LogP contribution in [0.4, 0.5) is 0 Å². The first-order valence-electron chi connectivity index (χ1n) is 23.5. The number of carbonyl (C=O) groups excluding carboxylic acids is 2. The van der Waals surface area contributed by atoms with Crippen molar-refractivity contribution < 1.29 is 24.2 Å². The van der Waals surface area contributed by atoms with E-state index in [1.165, 1.54) is 116 Å². The largest absolute Gasteiger partial charge is 0.462 e. The Bertz CT molecular complexity index is 1020. The van der Waals surface area contributed by atoms with Gasteiger partial charge in [0.25, 0.3) is 0 Å². The third-order valence-corrected chi connectivity index (χ3v) is 9.98. The van der Waals surface area contributed by atoms with Crippen molar-refractivity contribution in [1.82, 2.24) is 0 Å². The molecule has 5 nitrogen and oxygen atoms in total. The third-order valence-electron chi connectivity index (χ3n) is 9.98. The molecule has 0 saturated carbocycles. The quantitative estimate of drug-likeness (QED) is 0.0379. The Labute approximate surface area is 346 Å². The maximum atomic E-state index is 12.2. The van der Waals surface area contributed by atoms with E-state index in [1.807, 2.05) is 0 Å². The van der Waals surface area contributed by atoms with Crippen molar-refractivity contribution in [3.8, 4) is 0 Å². The zero-order chi connectivity index (χ0) is 40.7. The minimum Gasteiger partial charge on any atom is -0.462 e. The number of unbranched alkanes of at least 4 members (excludes halogenated alkanes) is 22. The number of esters is 2. The zero-order valence-electron chi connectivity index (χ0n) is 36.6. The molecule has 0 saturated heterocycles. The van der Waals surface area contributed by atoms with Crippen LogP contribution in [0.5, 0.6) is 0 Å². The molecule has 0 aliphatic carbocycles. The fourth-order valence-corrected chi connectivity index (χ4v) is 6.46. The second kappa shape index (κ2) is 46.7. The van der Waals surface area contributed by atoms with Crippen molar-refractivity contribution in [3.63, 3.8) is 0 Å². The fraction of sp³-hybridized carbons (Fsp3) is 0.725. The van der Waals surface area contributed by atoms with Gasteiger partial charge in [-0.05, 0) is 83.5 Å². The highest BCUT2D eigenvalue weighted by atomic mass is 16.6. The molecule has 56 heavy (non-hydrogen) atoms. The molecule has 1 unspecified atom stereocenters. The second-order valence-electron chi connectivity index (χ2n) is 15.4. The minimum absolute atomic E-state index is 0.0748. The van der Waals surface area contributed by atoms with Gasteiger partial charge in [0.05, 0.1) is 6.61 Å². The summed E-state index contributed by atoms with van der Waals surface area (Å²) in [6.45, 7) is 3.99. The Morgan fingerprint density at radius 1 is 0.429 bits per heavy atom. The molecular weight excluding hydrogens is 693 g/mol. The first-order valence-corrected chi connectivity index (χ1v) is 23.5. The molecule has 0 amide bonds. The fourth-order valence-electron chi connectivity index (χ4n) is 6.46. The van der Waals surface area contributed by atoms with E-state index >= 15 is 0 Å². The maximum absolute atomic E-state index is 12.2. The molecule has 1 atom stereocenters.